The molecule has 6 nitrogen and oxygen atoms in total. The van der Waals surface area contributed by atoms with Gasteiger partial charge in [-0.05, 0) is 31.7 Å². The maximum absolute atomic E-state index is 11.0. The van der Waals surface area contributed by atoms with Gasteiger partial charge in [0, 0.05) is 12.3 Å². The summed E-state index contributed by atoms with van der Waals surface area (Å²) in [6.07, 6.45) is 5.18. The van der Waals surface area contributed by atoms with E-state index in [0.717, 1.165) is 24.8 Å². The predicted molar refractivity (Wildman–Crippen MR) is 65.6 cm³/mol. The fraction of sp³-hybridized carbons (Fsp3) is 0.583. The number of nitro groups is 1. The Bertz CT molecular complexity index is 491. The van der Waals surface area contributed by atoms with E-state index in [-0.39, 0.29) is 17.8 Å². The molecule has 3 atom stereocenters. The van der Waals surface area contributed by atoms with E-state index < -0.39 is 4.92 Å². The van der Waals surface area contributed by atoms with Crippen molar-refractivity contribution in [1.29, 1.82) is 0 Å². The van der Waals surface area contributed by atoms with Crippen LogP contribution in [0.15, 0.2) is 12.3 Å². The number of hydrogen-bond acceptors (Lipinski definition) is 5. The molecule has 96 valence electrons. The smallest absolute Gasteiger partial charge is 0.311 e. The van der Waals surface area contributed by atoms with Gasteiger partial charge in [-0.15, -0.1) is 0 Å². The lowest BCUT2D eigenvalue weighted by atomic mass is 9.95. The zero-order valence-corrected chi connectivity index (χ0v) is 10.1. The van der Waals surface area contributed by atoms with Gasteiger partial charge in [0.05, 0.1) is 23.2 Å². The van der Waals surface area contributed by atoms with Crippen molar-refractivity contribution >= 4 is 11.5 Å². The quantitative estimate of drug-likeness (QED) is 0.655. The minimum absolute atomic E-state index is 0.0396. The van der Waals surface area contributed by atoms with Crippen LogP contribution in [0.3, 0.4) is 0 Å². The van der Waals surface area contributed by atoms with E-state index in [2.05, 4.69) is 10.3 Å². The van der Waals surface area contributed by atoms with Gasteiger partial charge in [-0.3, -0.25) is 10.1 Å². The highest BCUT2D eigenvalue weighted by atomic mass is 16.6. The number of nitrogens with one attached hydrogen (secondary N) is 1. The lowest BCUT2D eigenvalue weighted by Gasteiger charge is -2.20. The number of rotatable bonds is 3. The van der Waals surface area contributed by atoms with Crippen molar-refractivity contribution in [1.82, 2.24) is 4.98 Å². The number of hydrogen-bond donors (Lipinski definition) is 1. The SMILES string of the molecule is Cc1cnc(NC2CC3CCC2O3)c([N+](=O)[O-])c1. The first-order chi connectivity index (χ1) is 8.63. The first-order valence-corrected chi connectivity index (χ1v) is 6.16. The van der Waals surface area contributed by atoms with Gasteiger partial charge in [0.15, 0.2) is 0 Å². The summed E-state index contributed by atoms with van der Waals surface area (Å²) in [5, 5.41) is 14.2. The molecule has 1 aromatic heterocycles. The number of pyridine rings is 1. The Morgan fingerprint density at radius 1 is 1.56 bits per heavy atom. The first kappa shape index (κ1) is 11.4. The summed E-state index contributed by atoms with van der Waals surface area (Å²) in [6.45, 7) is 1.80. The third-order valence-corrected chi connectivity index (χ3v) is 3.63. The van der Waals surface area contributed by atoms with E-state index in [4.69, 9.17) is 4.74 Å². The maximum atomic E-state index is 11.0. The standard InChI is InChI=1S/C12H15N3O3/c1-7-4-10(15(16)17)12(13-6-7)14-9-5-8-2-3-11(9)18-8/h4,6,8-9,11H,2-3,5H2,1H3,(H,13,14). The average Bonchev–Trinajstić information content (AvgIpc) is 2.93. The molecule has 2 aliphatic rings. The van der Waals surface area contributed by atoms with Crippen molar-refractivity contribution in [2.24, 2.45) is 0 Å². The first-order valence-electron chi connectivity index (χ1n) is 6.16. The normalized spacial score (nSPS) is 29.5. The second-order valence-corrected chi connectivity index (χ2v) is 5.00. The number of fused-ring (bicyclic) bond motifs is 2. The van der Waals surface area contributed by atoms with E-state index in [1.165, 1.54) is 0 Å². The van der Waals surface area contributed by atoms with Crippen LogP contribution < -0.4 is 5.32 Å². The number of nitrogens with zero attached hydrogens (tertiary/aromatic N) is 2. The number of ether oxygens (including phenoxy) is 1. The van der Waals surface area contributed by atoms with Gasteiger partial charge in [0.2, 0.25) is 5.82 Å². The lowest BCUT2D eigenvalue weighted by Crippen LogP contribution is -2.31. The van der Waals surface area contributed by atoms with Crippen LogP contribution in [0.5, 0.6) is 0 Å². The Kier molecular flexibility index (Phi) is 2.66. The zero-order valence-electron chi connectivity index (χ0n) is 10.1. The molecule has 0 saturated carbocycles. The number of aromatic nitrogens is 1. The molecule has 3 unspecified atom stereocenters. The number of anilines is 1. The molecule has 1 aromatic rings. The monoisotopic (exact) mass is 249 g/mol. The van der Waals surface area contributed by atoms with Crippen LogP contribution in [0.1, 0.15) is 24.8 Å². The van der Waals surface area contributed by atoms with Crippen molar-refractivity contribution in [3.05, 3.63) is 27.9 Å². The van der Waals surface area contributed by atoms with Crippen molar-refractivity contribution in [3.63, 3.8) is 0 Å². The molecule has 0 radical (unpaired) electrons. The topological polar surface area (TPSA) is 77.3 Å². The molecule has 2 aliphatic heterocycles. The molecule has 1 N–H and O–H groups in total. The fourth-order valence-corrected chi connectivity index (χ4v) is 2.77. The molecule has 2 bridgehead atoms. The van der Waals surface area contributed by atoms with E-state index in [9.17, 15) is 10.1 Å². The summed E-state index contributed by atoms with van der Waals surface area (Å²) >= 11 is 0. The van der Waals surface area contributed by atoms with Crippen molar-refractivity contribution in [2.45, 2.75) is 44.4 Å². The Hall–Kier alpha value is -1.69. The Morgan fingerprint density at radius 3 is 3.00 bits per heavy atom. The Labute approximate surface area is 105 Å². The van der Waals surface area contributed by atoms with E-state index in [0.29, 0.717) is 11.9 Å². The maximum Gasteiger partial charge on any atom is 0.311 e. The Morgan fingerprint density at radius 2 is 2.39 bits per heavy atom. The second-order valence-electron chi connectivity index (χ2n) is 5.00. The highest BCUT2D eigenvalue weighted by molar-refractivity contribution is 5.57. The molecule has 2 saturated heterocycles. The minimum Gasteiger partial charge on any atom is -0.373 e. The third kappa shape index (κ3) is 1.92. The van der Waals surface area contributed by atoms with Crippen LogP contribution >= 0.6 is 0 Å². The zero-order chi connectivity index (χ0) is 12.7. The minimum atomic E-state index is -0.392. The largest absolute Gasteiger partial charge is 0.373 e. The summed E-state index contributed by atoms with van der Waals surface area (Å²) < 4.78 is 5.72. The molecule has 2 fully saturated rings. The van der Waals surface area contributed by atoms with Gasteiger partial charge >= 0.3 is 5.69 Å². The van der Waals surface area contributed by atoms with Crippen molar-refractivity contribution in [2.75, 3.05) is 5.32 Å². The molecule has 0 aliphatic carbocycles. The van der Waals surface area contributed by atoms with E-state index in [1.54, 1.807) is 19.2 Å². The molecule has 3 rings (SSSR count). The predicted octanol–water partition coefficient (Wildman–Crippen LogP) is 2.03. The lowest BCUT2D eigenvalue weighted by molar-refractivity contribution is -0.384. The summed E-state index contributed by atoms with van der Waals surface area (Å²) in [5.74, 6) is 0.353. The molecular formula is C12H15N3O3. The van der Waals surface area contributed by atoms with E-state index in [1.807, 2.05) is 0 Å². The van der Waals surface area contributed by atoms with Gasteiger partial charge in [0.25, 0.3) is 0 Å². The molecule has 3 heterocycles. The molecule has 0 aromatic carbocycles. The second kappa shape index (κ2) is 4.20. The molecule has 0 spiro atoms. The van der Waals surface area contributed by atoms with Crippen LogP contribution in [0, 0.1) is 17.0 Å². The van der Waals surface area contributed by atoms with Crippen LogP contribution in [0.2, 0.25) is 0 Å². The molecule has 6 heteroatoms. The average molecular weight is 249 g/mol. The molecular weight excluding hydrogens is 234 g/mol. The van der Waals surface area contributed by atoms with Crippen LogP contribution in [0.25, 0.3) is 0 Å². The number of aryl methyl sites for hydroxylation is 1. The highest BCUT2D eigenvalue weighted by Gasteiger charge is 2.41. The van der Waals surface area contributed by atoms with Gasteiger partial charge in [-0.2, -0.15) is 0 Å². The summed E-state index contributed by atoms with van der Waals surface area (Å²) in [5.41, 5.74) is 0.828. The highest BCUT2D eigenvalue weighted by Crippen LogP contribution is 2.36. The fourth-order valence-electron chi connectivity index (χ4n) is 2.77. The van der Waals surface area contributed by atoms with Gasteiger partial charge in [-0.1, -0.05) is 0 Å². The Balaban J connectivity index is 1.82. The van der Waals surface area contributed by atoms with Gasteiger partial charge in [-0.25, -0.2) is 4.98 Å². The summed E-state index contributed by atoms with van der Waals surface area (Å²) in [4.78, 5) is 14.7. The summed E-state index contributed by atoms with van der Waals surface area (Å²) in [6, 6.07) is 1.70. The van der Waals surface area contributed by atoms with Crippen LogP contribution in [-0.2, 0) is 4.74 Å². The molecule has 0 amide bonds. The van der Waals surface area contributed by atoms with Crippen molar-refractivity contribution < 1.29 is 9.66 Å². The van der Waals surface area contributed by atoms with Crippen LogP contribution in [-0.4, -0.2) is 28.2 Å². The third-order valence-electron chi connectivity index (χ3n) is 3.63. The van der Waals surface area contributed by atoms with E-state index >= 15 is 0 Å². The molecule has 18 heavy (non-hydrogen) atoms. The summed E-state index contributed by atoms with van der Waals surface area (Å²) in [7, 11) is 0. The van der Waals surface area contributed by atoms with Crippen LogP contribution in [0.4, 0.5) is 11.5 Å². The van der Waals surface area contributed by atoms with Gasteiger partial charge in [0.1, 0.15) is 0 Å². The van der Waals surface area contributed by atoms with Gasteiger partial charge < -0.3 is 10.1 Å². The van der Waals surface area contributed by atoms with Crippen molar-refractivity contribution in [3.8, 4) is 0 Å².